The topological polar surface area (TPSA) is 32.9 Å². The monoisotopic (exact) mass is 137 g/mol. The van der Waals surface area contributed by atoms with E-state index in [-0.39, 0.29) is 5.56 Å². The van der Waals surface area contributed by atoms with E-state index in [1.54, 1.807) is 12.3 Å². The van der Waals surface area contributed by atoms with Gasteiger partial charge in [-0.25, -0.2) is 0 Å². The van der Waals surface area contributed by atoms with Crippen LogP contribution in [0.2, 0.25) is 0 Å². The number of aryl methyl sites for hydroxylation is 1. The van der Waals surface area contributed by atoms with Crippen molar-refractivity contribution in [2.75, 3.05) is 0 Å². The zero-order chi connectivity index (χ0) is 7.40. The molecule has 0 saturated heterocycles. The van der Waals surface area contributed by atoms with Gasteiger partial charge in [-0.1, -0.05) is 19.4 Å². The highest BCUT2D eigenvalue weighted by molar-refractivity contribution is 5.08. The van der Waals surface area contributed by atoms with Gasteiger partial charge in [0.15, 0.2) is 0 Å². The number of pyridine rings is 1. The lowest BCUT2D eigenvalue weighted by Crippen LogP contribution is -2.02. The van der Waals surface area contributed by atoms with Crippen LogP contribution < -0.4 is 5.56 Å². The first-order chi connectivity index (χ1) is 4.83. The Kier molecular flexibility index (Phi) is 2.26. The van der Waals surface area contributed by atoms with E-state index >= 15 is 0 Å². The Bertz CT molecular complexity index is 231. The predicted octanol–water partition coefficient (Wildman–Crippen LogP) is 1.33. The van der Waals surface area contributed by atoms with E-state index in [0.717, 1.165) is 12.8 Å². The minimum Gasteiger partial charge on any atom is -0.329 e. The van der Waals surface area contributed by atoms with Crippen LogP contribution in [0.25, 0.3) is 0 Å². The molecule has 1 N–H and O–H groups in total. The van der Waals surface area contributed by atoms with Crippen LogP contribution in [-0.4, -0.2) is 4.98 Å². The Morgan fingerprint density at radius 3 is 2.80 bits per heavy atom. The van der Waals surface area contributed by atoms with E-state index in [1.165, 1.54) is 5.56 Å². The highest BCUT2D eigenvalue weighted by Crippen LogP contribution is 1.96. The highest BCUT2D eigenvalue weighted by atomic mass is 16.1. The summed E-state index contributed by atoms with van der Waals surface area (Å²) in [5.74, 6) is 0. The van der Waals surface area contributed by atoms with E-state index in [2.05, 4.69) is 11.9 Å². The number of rotatable bonds is 2. The van der Waals surface area contributed by atoms with Crippen molar-refractivity contribution in [2.24, 2.45) is 0 Å². The van der Waals surface area contributed by atoms with E-state index < -0.39 is 0 Å². The molecule has 0 saturated carbocycles. The molecule has 2 nitrogen and oxygen atoms in total. The van der Waals surface area contributed by atoms with Crippen LogP contribution in [0.15, 0.2) is 23.1 Å². The van der Waals surface area contributed by atoms with Crippen molar-refractivity contribution in [3.05, 3.63) is 34.2 Å². The Morgan fingerprint density at radius 1 is 1.50 bits per heavy atom. The molecule has 0 spiro atoms. The second-order valence-corrected chi connectivity index (χ2v) is 2.31. The maximum atomic E-state index is 10.6. The first-order valence-corrected chi connectivity index (χ1v) is 3.50. The van der Waals surface area contributed by atoms with Gasteiger partial charge in [0, 0.05) is 12.3 Å². The van der Waals surface area contributed by atoms with Gasteiger partial charge in [-0.15, -0.1) is 0 Å². The summed E-state index contributed by atoms with van der Waals surface area (Å²) in [6, 6.07) is 3.42. The summed E-state index contributed by atoms with van der Waals surface area (Å²) in [6.45, 7) is 2.12. The number of aromatic amines is 1. The molecule has 0 aromatic carbocycles. The van der Waals surface area contributed by atoms with Gasteiger partial charge >= 0.3 is 0 Å². The average molecular weight is 137 g/mol. The summed E-state index contributed by atoms with van der Waals surface area (Å²) < 4.78 is 0. The Balaban J connectivity index is 2.79. The molecule has 0 aliphatic rings. The number of hydrogen-bond acceptors (Lipinski definition) is 1. The lowest BCUT2D eigenvalue weighted by Gasteiger charge is -1.93. The van der Waals surface area contributed by atoms with Crippen molar-refractivity contribution in [1.29, 1.82) is 0 Å². The molecular formula is C8H11NO. The highest BCUT2D eigenvalue weighted by Gasteiger charge is 1.88. The number of aromatic nitrogens is 1. The fourth-order valence-corrected chi connectivity index (χ4v) is 0.887. The summed E-state index contributed by atoms with van der Waals surface area (Å²) in [6.07, 6.45) is 3.93. The maximum Gasteiger partial charge on any atom is 0.247 e. The summed E-state index contributed by atoms with van der Waals surface area (Å²) in [5.41, 5.74) is 1.17. The third-order valence-electron chi connectivity index (χ3n) is 1.39. The summed E-state index contributed by atoms with van der Waals surface area (Å²) in [7, 11) is 0. The van der Waals surface area contributed by atoms with E-state index in [9.17, 15) is 4.79 Å². The SMILES string of the molecule is CCCc1ccc(=O)[nH]c1. The third kappa shape index (κ3) is 1.72. The molecule has 0 aliphatic heterocycles. The normalized spacial score (nSPS) is 9.70. The van der Waals surface area contributed by atoms with Crippen molar-refractivity contribution in [3.63, 3.8) is 0 Å². The molecule has 0 fully saturated rings. The standard InChI is InChI=1S/C8H11NO/c1-2-3-7-4-5-8(10)9-6-7/h4-6H,2-3H2,1H3,(H,9,10). The van der Waals surface area contributed by atoms with Crippen molar-refractivity contribution >= 4 is 0 Å². The van der Waals surface area contributed by atoms with Crippen LogP contribution in [0, 0.1) is 0 Å². The van der Waals surface area contributed by atoms with Crippen LogP contribution in [-0.2, 0) is 6.42 Å². The van der Waals surface area contributed by atoms with Crippen LogP contribution in [0.5, 0.6) is 0 Å². The van der Waals surface area contributed by atoms with E-state index in [0.29, 0.717) is 0 Å². The lowest BCUT2D eigenvalue weighted by atomic mass is 10.2. The molecule has 0 aliphatic carbocycles. The summed E-state index contributed by atoms with van der Waals surface area (Å²) in [4.78, 5) is 13.2. The van der Waals surface area contributed by atoms with Gasteiger partial charge in [0.2, 0.25) is 5.56 Å². The molecule has 2 heteroatoms. The average Bonchev–Trinajstić information content (AvgIpc) is 1.95. The molecule has 1 aromatic heterocycles. The quantitative estimate of drug-likeness (QED) is 0.655. The van der Waals surface area contributed by atoms with Crippen LogP contribution in [0.1, 0.15) is 18.9 Å². The van der Waals surface area contributed by atoms with E-state index in [1.807, 2.05) is 6.07 Å². The molecule has 0 unspecified atom stereocenters. The maximum absolute atomic E-state index is 10.6. The van der Waals surface area contributed by atoms with Gasteiger partial charge < -0.3 is 4.98 Å². The molecule has 0 bridgehead atoms. The first kappa shape index (κ1) is 7.06. The van der Waals surface area contributed by atoms with Gasteiger partial charge in [0.05, 0.1) is 0 Å². The molecule has 1 rings (SSSR count). The van der Waals surface area contributed by atoms with Crippen molar-refractivity contribution in [2.45, 2.75) is 19.8 Å². The van der Waals surface area contributed by atoms with Crippen LogP contribution in [0.3, 0.4) is 0 Å². The second-order valence-electron chi connectivity index (χ2n) is 2.31. The molecule has 1 heterocycles. The van der Waals surface area contributed by atoms with E-state index in [4.69, 9.17) is 0 Å². The summed E-state index contributed by atoms with van der Waals surface area (Å²) in [5, 5.41) is 0. The smallest absolute Gasteiger partial charge is 0.247 e. The molecule has 1 aromatic rings. The zero-order valence-electron chi connectivity index (χ0n) is 6.05. The molecule has 0 radical (unpaired) electrons. The van der Waals surface area contributed by atoms with Crippen LogP contribution in [0.4, 0.5) is 0 Å². The zero-order valence-corrected chi connectivity index (χ0v) is 6.05. The van der Waals surface area contributed by atoms with Crippen LogP contribution >= 0.6 is 0 Å². The van der Waals surface area contributed by atoms with Gasteiger partial charge in [0.25, 0.3) is 0 Å². The number of H-pyrrole nitrogens is 1. The molecular weight excluding hydrogens is 126 g/mol. The van der Waals surface area contributed by atoms with Gasteiger partial charge in [-0.3, -0.25) is 4.79 Å². The van der Waals surface area contributed by atoms with Gasteiger partial charge in [-0.2, -0.15) is 0 Å². The van der Waals surface area contributed by atoms with Crippen molar-refractivity contribution < 1.29 is 0 Å². The Hall–Kier alpha value is -1.05. The number of hydrogen-bond donors (Lipinski definition) is 1. The van der Waals surface area contributed by atoms with Crippen molar-refractivity contribution in [1.82, 2.24) is 4.98 Å². The second kappa shape index (κ2) is 3.20. The molecule has 54 valence electrons. The van der Waals surface area contributed by atoms with Gasteiger partial charge in [0.1, 0.15) is 0 Å². The fourth-order valence-electron chi connectivity index (χ4n) is 0.887. The predicted molar refractivity (Wildman–Crippen MR) is 41.1 cm³/mol. The first-order valence-electron chi connectivity index (χ1n) is 3.50. The lowest BCUT2D eigenvalue weighted by molar-refractivity contribution is 0.911. The summed E-state index contributed by atoms with van der Waals surface area (Å²) >= 11 is 0. The minimum absolute atomic E-state index is 0.0279. The molecule has 0 atom stereocenters. The van der Waals surface area contributed by atoms with Crippen molar-refractivity contribution in [3.8, 4) is 0 Å². The number of nitrogens with one attached hydrogen (secondary N) is 1. The minimum atomic E-state index is -0.0279. The Labute approximate surface area is 59.9 Å². The molecule has 0 amide bonds. The Morgan fingerprint density at radius 2 is 2.30 bits per heavy atom. The fraction of sp³-hybridized carbons (Fsp3) is 0.375. The third-order valence-corrected chi connectivity index (χ3v) is 1.39. The van der Waals surface area contributed by atoms with Gasteiger partial charge in [-0.05, 0) is 12.0 Å². The largest absolute Gasteiger partial charge is 0.329 e. The molecule has 10 heavy (non-hydrogen) atoms.